The second kappa shape index (κ2) is 3.73. The minimum absolute atomic E-state index is 0.0252. The lowest BCUT2D eigenvalue weighted by Crippen LogP contribution is -2.12. The van der Waals surface area contributed by atoms with Gasteiger partial charge in [0.05, 0.1) is 10.2 Å². The highest BCUT2D eigenvalue weighted by atomic mass is 79.9. The zero-order valence-electron chi connectivity index (χ0n) is 8.73. The number of halogens is 1. The van der Waals surface area contributed by atoms with Gasteiger partial charge in [-0.15, -0.1) is 0 Å². The van der Waals surface area contributed by atoms with Crippen LogP contribution in [0.3, 0.4) is 0 Å². The number of aromatic nitrogens is 2. The van der Waals surface area contributed by atoms with Gasteiger partial charge in [0.25, 0.3) is 0 Å². The van der Waals surface area contributed by atoms with E-state index in [9.17, 15) is 4.79 Å². The fourth-order valence-corrected chi connectivity index (χ4v) is 1.95. The van der Waals surface area contributed by atoms with Gasteiger partial charge in [0.15, 0.2) is 5.82 Å². The first-order valence-electron chi connectivity index (χ1n) is 4.34. The molecule has 0 fully saturated rings. The highest BCUT2D eigenvalue weighted by Gasteiger charge is 2.22. The summed E-state index contributed by atoms with van der Waals surface area (Å²) in [5.74, 6) is 0.417. The van der Waals surface area contributed by atoms with Gasteiger partial charge < -0.3 is 5.32 Å². The second-order valence-corrected chi connectivity index (χ2v) is 4.99. The molecule has 5 heteroatoms. The Balaban J connectivity index is 3.03. The van der Waals surface area contributed by atoms with E-state index in [1.807, 2.05) is 0 Å². The molecule has 0 saturated heterocycles. The molecule has 0 unspecified atom stereocenters. The molecule has 14 heavy (non-hydrogen) atoms. The summed E-state index contributed by atoms with van der Waals surface area (Å²) in [6.45, 7) is 7.67. The van der Waals surface area contributed by atoms with Crippen molar-refractivity contribution >= 4 is 27.7 Å². The maximum atomic E-state index is 10.8. The molecule has 0 aliphatic rings. The summed E-state index contributed by atoms with van der Waals surface area (Å²) >= 11 is 3.41. The van der Waals surface area contributed by atoms with E-state index in [0.717, 1.165) is 10.2 Å². The number of anilines is 1. The van der Waals surface area contributed by atoms with Gasteiger partial charge in [0.1, 0.15) is 0 Å². The lowest BCUT2D eigenvalue weighted by molar-refractivity contribution is -0.114. The van der Waals surface area contributed by atoms with Crippen molar-refractivity contribution in [2.75, 3.05) is 5.32 Å². The van der Waals surface area contributed by atoms with E-state index in [1.54, 1.807) is 0 Å². The number of rotatable bonds is 1. The van der Waals surface area contributed by atoms with Crippen LogP contribution < -0.4 is 5.32 Å². The zero-order valence-corrected chi connectivity index (χ0v) is 10.3. The minimum Gasteiger partial charge on any atom is -0.309 e. The Morgan fingerprint density at radius 1 is 1.50 bits per heavy atom. The van der Waals surface area contributed by atoms with Crippen LogP contribution in [0.2, 0.25) is 0 Å². The van der Waals surface area contributed by atoms with Crippen molar-refractivity contribution in [1.29, 1.82) is 0 Å². The van der Waals surface area contributed by atoms with E-state index in [1.165, 1.54) is 6.92 Å². The van der Waals surface area contributed by atoms with Gasteiger partial charge in [-0.3, -0.25) is 9.89 Å². The van der Waals surface area contributed by atoms with Crippen LogP contribution in [0.5, 0.6) is 0 Å². The molecule has 0 aliphatic carbocycles. The predicted octanol–water partition coefficient (Wildman–Crippen LogP) is 2.43. The monoisotopic (exact) mass is 259 g/mol. The molecule has 1 rings (SSSR count). The summed E-state index contributed by atoms with van der Waals surface area (Å²) in [7, 11) is 0. The van der Waals surface area contributed by atoms with Crippen LogP contribution in [0.4, 0.5) is 5.82 Å². The van der Waals surface area contributed by atoms with Gasteiger partial charge >= 0.3 is 0 Å². The standard InChI is InChI=1S/C9H14BrN3O/c1-5(14)11-8-6(10)7(12-13-8)9(2,3)4/h1-4H3,(H2,11,12,13,14). The molecule has 1 heterocycles. The number of nitrogens with zero attached hydrogens (tertiary/aromatic N) is 1. The van der Waals surface area contributed by atoms with Crippen LogP contribution in [0.1, 0.15) is 33.4 Å². The van der Waals surface area contributed by atoms with E-state index in [-0.39, 0.29) is 11.3 Å². The molecule has 4 nitrogen and oxygen atoms in total. The van der Waals surface area contributed by atoms with E-state index in [2.05, 4.69) is 52.2 Å². The van der Waals surface area contributed by atoms with E-state index in [4.69, 9.17) is 0 Å². The van der Waals surface area contributed by atoms with Crippen LogP contribution >= 0.6 is 15.9 Å². The smallest absolute Gasteiger partial charge is 0.222 e. The van der Waals surface area contributed by atoms with E-state index in [0.29, 0.717) is 5.82 Å². The Labute approximate surface area is 91.6 Å². The van der Waals surface area contributed by atoms with Crippen LogP contribution in [0.25, 0.3) is 0 Å². The van der Waals surface area contributed by atoms with Gasteiger partial charge in [0, 0.05) is 12.3 Å². The average molecular weight is 260 g/mol. The molecule has 0 spiro atoms. The Morgan fingerprint density at radius 2 is 2.07 bits per heavy atom. The minimum atomic E-state index is -0.127. The van der Waals surface area contributed by atoms with Crippen molar-refractivity contribution in [3.63, 3.8) is 0 Å². The third-order valence-corrected chi connectivity index (χ3v) is 2.52. The molecule has 2 N–H and O–H groups in total. The normalized spacial score (nSPS) is 11.5. The molecule has 0 aromatic carbocycles. The molecule has 0 radical (unpaired) electrons. The van der Waals surface area contributed by atoms with Crippen LogP contribution in [0.15, 0.2) is 4.47 Å². The lowest BCUT2D eigenvalue weighted by atomic mass is 9.92. The second-order valence-electron chi connectivity index (χ2n) is 4.19. The SMILES string of the molecule is CC(=O)Nc1n[nH]c(C(C)(C)C)c1Br. The maximum absolute atomic E-state index is 10.8. The third-order valence-electron chi connectivity index (χ3n) is 1.75. The number of aromatic amines is 1. The molecule has 1 aromatic rings. The van der Waals surface area contributed by atoms with Gasteiger partial charge in [-0.1, -0.05) is 20.8 Å². The molecule has 0 bridgehead atoms. The number of nitrogens with one attached hydrogen (secondary N) is 2. The Kier molecular flexibility index (Phi) is 2.99. The highest BCUT2D eigenvalue weighted by Crippen LogP contribution is 2.32. The van der Waals surface area contributed by atoms with Crippen LogP contribution in [-0.4, -0.2) is 16.1 Å². The molecular weight excluding hydrogens is 246 g/mol. The summed E-state index contributed by atoms with van der Waals surface area (Å²) in [5, 5.41) is 9.56. The summed E-state index contributed by atoms with van der Waals surface area (Å²) in [4.78, 5) is 10.8. The number of carbonyl (C=O) groups excluding carboxylic acids is 1. The largest absolute Gasteiger partial charge is 0.309 e. The van der Waals surface area contributed by atoms with Crippen molar-refractivity contribution in [1.82, 2.24) is 10.2 Å². The average Bonchev–Trinajstić information content (AvgIpc) is 2.30. The van der Waals surface area contributed by atoms with Crippen LogP contribution in [-0.2, 0) is 10.2 Å². The first kappa shape index (κ1) is 11.2. The zero-order chi connectivity index (χ0) is 10.9. The molecule has 0 atom stereocenters. The Hall–Kier alpha value is -0.840. The van der Waals surface area contributed by atoms with Crippen LogP contribution in [0, 0.1) is 0 Å². The Morgan fingerprint density at radius 3 is 2.43 bits per heavy atom. The fraction of sp³-hybridized carbons (Fsp3) is 0.556. The maximum Gasteiger partial charge on any atom is 0.222 e. The lowest BCUT2D eigenvalue weighted by Gasteiger charge is -2.16. The number of hydrogen-bond acceptors (Lipinski definition) is 2. The molecular formula is C9H14BrN3O. The van der Waals surface area contributed by atoms with Crippen molar-refractivity contribution < 1.29 is 4.79 Å². The molecule has 1 aromatic heterocycles. The first-order valence-corrected chi connectivity index (χ1v) is 5.13. The van der Waals surface area contributed by atoms with Crippen molar-refractivity contribution in [2.45, 2.75) is 33.1 Å². The van der Waals surface area contributed by atoms with Crippen molar-refractivity contribution in [3.05, 3.63) is 10.2 Å². The topological polar surface area (TPSA) is 57.8 Å². The summed E-state index contributed by atoms with van der Waals surface area (Å²) < 4.78 is 0.820. The van der Waals surface area contributed by atoms with Gasteiger partial charge in [-0.2, -0.15) is 5.10 Å². The molecule has 78 valence electrons. The van der Waals surface area contributed by atoms with Gasteiger partial charge in [0.2, 0.25) is 5.91 Å². The third kappa shape index (κ3) is 2.35. The Bertz CT molecular complexity index is 351. The quantitative estimate of drug-likeness (QED) is 0.814. The molecule has 1 amide bonds. The summed E-state index contributed by atoms with van der Waals surface area (Å²) in [6.07, 6.45) is 0. The van der Waals surface area contributed by atoms with Gasteiger partial charge in [-0.25, -0.2) is 0 Å². The van der Waals surface area contributed by atoms with Gasteiger partial charge in [-0.05, 0) is 15.9 Å². The summed E-state index contributed by atoms with van der Waals surface area (Å²) in [5.41, 5.74) is 0.948. The number of hydrogen-bond donors (Lipinski definition) is 2. The number of H-pyrrole nitrogens is 1. The predicted molar refractivity (Wildman–Crippen MR) is 59.3 cm³/mol. The number of amides is 1. The van der Waals surface area contributed by atoms with Crippen molar-refractivity contribution in [3.8, 4) is 0 Å². The highest BCUT2D eigenvalue weighted by molar-refractivity contribution is 9.10. The molecule has 0 aliphatic heterocycles. The fourth-order valence-electron chi connectivity index (χ4n) is 1.07. The van der Waals surface area contributed by atoms with E-state index >= 15 is 0 Å². The van der Waals surface area contributed by atoms with E-state index < -0.39 is 0 Å². The van der Waals surface area contributed by atoms with Crippen molar-refractivity contribution in [2.24, 2.45) is 0 Å². The summed E-state index contributed by atoms with van der Waals surface area (Å²) in [6, 6.07) is 0. The molecule has 0 saturated carbocycles. The first-order chi connectivity index (χ1) is 6.32. The number of carbonyl (C=O) groups is 1.